The molecule has 0 aromatic heterocycles. The molecule has 0 amide bonds. The van der Waals surface area contributed by atoms with Crippen molar-refractivity contribution in [2.45, 2.75) is 25.7 Å². The third-order valence-electron chi connectivity index (χ3n) is 2.99. The second kappa shape index (κ2) is 5.68. The minimum absolute atomic E-state index is 0.206. The van der Waals surface area contributed by atoms with Gasteiger partial charge in [-0.3, -0.25) is 0 Å². The molecule has 0 aliphatic heterocycles. The molecule has 0 spiro atoms. The van der Waals surface area contributed by atoms with Gasteiger partial charge in [0, 0.05) is 17.7 Å². The molecule has 1 aliphatic carbocycles. The van der Waals surface area contributed by atoms with Crippen LogP contribution in [0.4, 0.5) is 0 Å². The summed E-state index contributed by atoms with van der Waals surface area (Å²) in [5, 5.41) is 20.9. The maximum atomic E-state index is 8.87. The summed E-state index contributed by atoms with van der Waals surface area (Å²) in [5.41, 5.74) is 2.86. The van der Waals surface area contributed by atoms with Crippen LogP contribution in [0.2, 0.25) is 0 Å². The van der Waals surface area contributed by atoms with E-state index in [0.717, 1.165) is 48.3 Å². The number of hydrogen-bond donors (Lipinski definition) is 2. The quantitative estimate of drug-likeness (QED) is 0.466. The molecule has 0 unspecified atom stereocenters. The molecule has 0 radical (unpaired) electrons. The highest BCUT2D eigenvalue weighted by atomic mass is 16.5. The molecule has 0 atom stereocenters. The van der Waals surface area contributed by atoms with E-state index in [1.54, 1.807) is 0 Å². The number of fused-ring (bicyclic) bond motifs is 1. The summed E-state index contributed by atoms with van der Waals surface area (Å²) in [7, 11) is 0. The molecule has 0 bridgehead atoms. The van der Waals surface area contributed by atoms with Crippen molar-refractivity contribution in [1.29, 1.82) is 0 Å². The minimum Gasteiger partial charge on any atom is -0.493 e. The maximum Gasteiger partial charge on any atom is 0.123 e. The molecule has 2 N–H and O–H groups in total. The van der Waals surface area contributed by atoms with Crippen LogP contribution in [0.3, 0.4) is 0 Å². The maximum absolute atomic E-state index is 8.87. The number of aliphatic hydroxyl groups excluding tert-OH is 1. The third kappa shape index (κ3) is 2.58. The van der Waals surface area contributed by atoms with Gasteiger partial charge in [0.25, 0.3) is 0 Å². The van der Waals surface area contributed by atoms with E-state index in [2.05, 4.69) is 5.16 Å². The summed E-state index contributed by atoms with van der Waals surface area (Å²) in [6.07, 6.45) is 3.24. The Hall–Kier alpha value is -1.55. The van der Waals surface area contributed by atoms with Gasteiger partial charge in [-0.25, -0.2) is 0 Å². The number of oxime groups is 1. The van der Waals surface area contributed by atoms with Crippen molar-refractivity contribution >= 4 is 5.71 Å². The SMILES string of the molecule is OCCCCOc1cccc2c1CCC2=NO. The fourth-order valence-corrected chi connectivity index (χ4v) is 2.11. The Bertz CT molecular complexity index is 415. The predicted molar refractivity (Wildman–Crippen MR) is 64.9 cm³/mol. The van der Waals surface area contributed by atoms with Crippen LogP contribution in [0.15, 0.2) is 23.4 Å². The lowest BCUT2D eigenvalue weighted by Gasteiger charge is -2.10. The lowest BCUT2D eigenvalue weighted by Crippen LogP contribution is -2.01. The molecule has 4 nitrogen and oxygen atoms in total. The number of hydrogen-bond acceptors (Lipinski definition) is 4. The van der Waals surface area contributed by atoms with Gasteiger partial charge in [0.15, 0.2) is 0 Å². The Morgan fingerprint density at radius 1 is 1.24 bits per heavy atom. The largest absolute Gasteiger partial charge is 0.493 e. The molecule has 0 saturated heterocycles. The number of ether oxygens (including phenoxy) is 1. The van der Waals surface area contributed by atoms with Crippen LogP contribution in [0.25, 0.3) is 0 Å². The Balaban J connectivity index is 2.07. The molecule has 2 rings (SSSR count). The van der Waals surface area contributed by atoms with Gasteiger partial charge in [0.05, 0.1) is 12.3 Å². The summed E-state index contributed by atoms with van der Waals surface area (Å²) < 4.78 is 5.70. The van der Waals surface area contributed by atoms with Crippen molar-refractivity contribution in [1.82, 2.24) is 0 Å². The monoisotopic (exact) mass is 235 g/mol. The number of rotatable bonds is 5. The molecule has 4 heteroatoms. The van der Waals surface area contributed by atoms with E-state index in [-0.39, 0.29) is 6.61 Å². The van der Waals surface area contributed by atoms with E-state index in [4.69, 9.17) is 15.1 Å². The smallest absolute Gasteiger partial charge is 0.123 e. The summed E-state index contributed by atoms with van der Waals surface area (Å²) in [4.78, 5) is 0. The zero-order valence-corrected chi connectivity index (χ0v) is 9.72. The number of unbranched alkanes of at least 4 members (excludes halogenated alkanes) is 1. The summed E-state index contributed by atoms with van der Waals surface area (Å²) in [6.45, 7) is 0.820. The van der Waals surface area contributed by atoms with Crippen molar-refractivity contribution in [3.05, 3.63) is 29.3 Å². The van der Waals surface area contributed by atoms with Crippen LogP contribution in [0, 0.1) is 0 Å². The van der Waals surface area contributed by atoms with Gasteiger partial charge >= 0.3 is 0 Å². The van der Waals surface area contributed by atoms with E-state index >= 15 is 0 Å². The molecular weight excluding hydrogens is 218 g/mol. The molecule has 92 valence electrons. The third-order valence-corrected chi connectivity index (χ3v) is 2.99. The van der Waals surface area contributed by atoms with Gasteiger partial charge in [-0.2, -0.15) is 0 Å². The highest BCUT2D eigenvalue weighted by Gasteiger charge is 2.21. The van der Waals surface area contributed by atoms with E-state index in [1.165, 1.54) is 0 Å². The minimum atomic E-state index is 0.206. The first-order valence-corrected chi connectivity index (χ1v) is 5.93. The molecule has 1 aliphatic rings. The average molecular weight is 235 g/mol. The normalized spacial score (nSPS) is 16.2. The van der Waals surface area contributed by atoms with Gasteiger partial charge in [0.2, 0.25) is 0 Å². The highest BCUT2D eigenvalue weighted by molar-refractivity contribution is 6.04. The van der Waals surface area contributed by atoms with Crippen LogP contribution in [-0.4, -0.2) is 29.2 Å². The van der Waals surface area contributed by atoms with Crippen molar-refractivity contribution in [2.75, 3.05) is 13.2 Å². The van der Waals surface area contributed by atoms with Crippen LogP contribution in [0.5, 0.6) is 5.75 Å². The number of nitrogens with zero attached hydrogens (tertiary/aromatic N) is 1. The fraction of sp³-hybridized carbons (Fsp3) is 0.462. The molecular formula is C13H17NO3. The first-order valence-electron chi connectivity index (χ1n) is 5.93. The molecule has 0 saturated carbocycles. The Morgan fingerprint density at radius 3 is 2.88 bits per heavy atom. The van der Waals surface area contributed by atoms with Crippen molar-refractivity contribution in [2.24, 2.45) is 5.16 Å². The van der Waals surface area contributed by atoms with Crippen molar-refractivity contribution < 1.29 is 15.1 Å². The van der Waals surface area contributed by atoms with E-state index in [0.29, 0.717) is 6.61 Å². The predicted octanol–water partition coefficient (Wildman–Crippen LogP) is 1.96. The first kappa shape index (κ1) is 11.9. The number of benzene rings is 1. The molecule has 0 fully saturated rings. The Kier molecular flexibility index (Phi) is 3.98. The van der Waals surface area contributed by atoms with Gasteiger partial charge in [0.1, 0.15) is 5.75 Å². The fourth-order valence-electron chi connectivity index (χ4n) is 2.11. The Labute approximate surface area is 101 Å². The lowest BCUT2D eigenvalue weighted by atomic mass is 10.1. The second-order valence-electron chi connectivity index (χ2n) is 4.11. The average Bonchev–Trinajstić information content (AvgIpc) is 2.78. The van der Waals surface area contributed by atoms with Gasteiger partial charge in [-0.05, 0) is 31.7 Å². The van der Waals surface area contributed by atoms with Gasteiger partial charge < -0.3 is 15.1 Å². The van der Waals surface area contributed by atoms with Crippen LogP contribution >= 0.6 is 0 Å². The summed E-state index contributed by atoms with van der Waals surface area (Å²) in [6, 6.07) is 5.81. The van der Waals surface area contributed by atoms with Crippen molar-refractivity contribution in [3.63, 3.8) is 0 Å². The van der Waals surface area contributed by atoms with Gasteiger partial charge in [-0.1, -0.05) is 17.3 Å². The summed E-state index contributed by atoms with van der Waals surface area (Å²) >= 11 is 0. The van der Waals surface area contributed by atoms with Crippen LogP contribution in [0.1, 0.15) is 30.4 Å². The van der Waals surface area contributed by atoms with E-state index in [1.807, 2.05) is 18.2 Å². The zero-order valence-electron chi connectivity index (χ0n) is 9.72. The van der Waals surface area contributed by atoms with Crippen LogP contribution in [-0.2, 0) is 6.42 Å². The molecule has 1 aromatic rings. The van der Waals surface area contributed by atoms with Gasteiger partial charge in [-0.15, -0.1) is 0 Å². The topological polar surface area (TPSA) is 62.0 Å². The highest BCUT2D eigenvalue weighted by Crippen LogP contribution is 2.30. The van der Waals surface area contributed by atoms with E-state index in [9.17, 15) is 0 Å². The molecule has 0 heterocycles. The van der Waals surface area contributed by atoms with E-state index < -0.39 is 0 Å². The molecule has 17 heavy (non-hydrogen) atoms. The lowest BCUT2D eigenvalue weighted by molar-refractivity contribution is 0.252. The van der Waals surface area contributed by atoms with Crippen LogP contribution < -0.4 is 4.74 Å². The Morgan fingerprint density at radius 2 is 2.12 bits per heavy atom. The molecule has 1 aromatic carbocycles. The zero-order chi connectivity index (χ0) is 12.1. The van der Waals surface area contributed by atoms with Crippen molar-refractivity contribution in [3.8, 4) is 5.75 Å². The summed E-state index contributed by atoms with van der Waals surface area (Å²) in [5.74, 6) is 0.874. The number of aliphatic hydroxyl groups is 1. The first-order chi connectivity index (χ1) is 8.36. The second-order valence-corrected chi connectivity index (χ2v) is 4.11. The standard InChI is InChI=1S/C13H17NO3/c15-8-1-2-9-17-13-5-3-4-10-11(13)6-7-12(10)14-16/h3-5,15-16H,1-2,6-9H2.